The van der Waals surface area contributed by atoms with Gasteiger partial charge in [-0.3, -0.25) is 0 Å². The van der Waals surface area contributed by atoms with E-state index in [1.54, 1.807) is 25.1 Å². The van der Waals surface area contributed by atoms with Crippen molar-refractivity contribution < 1.29 is 9.18 Å². The van der Waals surface area contributed by atoms with Gasteiger partial charge in [-0.25, -0.2) is 9.18 Å². The Kier molecular flexibility index (Phi) is 2.72. The van der Waals surface area contributed by atoms with Crippen LogP contribution in [0.2, 0.25) is 0 Å². The molecule has 3 heteroatoms. The van der Waals surface area contributed by atoms with Crippen LogP contribution in [0.3, 0.4) is 0 Å². The second kappa shape index (κ2) is 3.79. The Bertz CT molecular complexity index is 318. The molecule has 0 N–H and O–H groups in total. The molecule has 2 nitrogen and oxygen atoms in total. The van der Waals surface area contributed by atoms with Crippen molar-refractivity contribution in [3.8, 4) is 0 Å². The highest BCUT2D eigenvalue weighted by atomic mass is 19.1. The number of isocyanates is 1. The number of aliphatic imine (C=N–C) groups is 1. The Labute approximate surface area is 69.7 Å². The number of benzene rings is 1. The lowest BCUT2D eigenvalue weighted by Gasteiger charge is -2.04. The number of nitrogens with zero attached hydrogens (tertiary/aromatic N) is 1. The summed E-state index contributed by atoms with van der Waals surface area (Å²) in [6, 6.07) is 5.78. The van der Waals surface area contributed by atoms with Gasteiger partial charge in [0.25, 0.3) is 0 Å². The number of halogens is 1. The topological polar surface area (TPSA) is 29.4 Å². The van der Waals surface area contributed by atoms with E-state index < -0.39 is 6.04 Å². The fourth-order valence-corrected chi connectivity index (χ4v) is 0.963. The molecule has 1 atom stereocenters. The van der Waals surface area contributed by atoms with Gasteiger partial charge < -0.3 is 0 Å². The van der Waals surface area contributed by atoms with Crippen LogP contribution in [0.1, 0.15) is 18.5 Å². The van der Waals surface area contributed by atoms with Crippen LogP contribution in [0.25, 0.3) is 0 Å². The summed E-state index contributed by atoms with van der Waals surface area (Å²) in [7, 11) is 0. The highest BCUT2D eigenvalue weighted by molar-refractivity contribution is 5.35. The third-order valence-electron chi connectivity index (χ3n) is 1.60. The normalized spacial score (nSPS) is 11.8. The van der Waals surface area contributed by atoms with Gasteiger partial charge >= 0.3 is 0 Å². The number of carbonyl (C=O) groups excluding carboxylic acids is 1. The van der Waals surface area contributed by atoms with Gasteiger partial charge in [-0.2, -0.15) is 4.99 Å². The average Bonchev–Trinajstić information content (AvgIpc) is 2.05. The van der Waals surface area contributed by atoms with Gasteiger partial charge in [0.2, 0.25) is 6.08 Å². The van der Waals surface area contributed by atoms with Crippen LogP contribution in [-0.4, -0.2) is 6.08 Å². The van der Waals surface area contributed by atoms with Crippen molar-refractivity contribution in [2.75, 3.05) is 0 Å². The second-order valence-corrected chi connectivity index (χ2v) is 2.42. The molecule has 0 amide bonds. The zero-order valence-corrected chi connectivity index (χ0v) is 6.62. The van der Waals surface area contributed by atoms with Crippen LogP contribution in [0.4, 0.5) is 4.39 Å². The number of hydrogen-bond acceptors (Lipinski definition) is 2. The Morgan fingerprint density at radius 1 is 1.50 bits per heavy atom. The standard InChI is InChI=1S/C9H8FNO/c1-7(11-6-12)8-4-2-3-5-9(8)10/h2-5,7H,1H3. The van der Waals surface area contributed by atoms with Crippen LogP contribution in [0.15, 0.2) is 29.3 Å². The molecule has 0 aliphatic rings. The van der Waals surface area contributed by atoms with Gasteiger partial charge in [0.05, 0.1) is 6.04 Å². The first kappa shape index (κ1) is 8.62. The van der Waals surface area contributed by atoms with Crippen molar-refractivity contribution in [2.24, 2.45) is 4.99 Å². The molecule has 1 aromatic carbocycles. The summed E-state index contributed by atoms with van der Waals surface area (Å²) in [4.78, 5) is 13.3. The molecular formula is C9H8FNO. The number of rotatable bonds is 2. The Morgan fingerprint density at radius 2 is 2.17 bits per heavy atom. The predicted octanol–water partition coefficient (Wildman–Crippen LogP) is 2.22. The van der Waals surface area contributed by atoms with E-state index in [-0.39, 0.29) is 5.82 Å². The summed E-state index contributed by atoms with van der Waals surface area (Å²) in [6.07, 6.45) is 1.40. The highest BCUT2D eigenvalue weighted by Gasteiger charge is 2.07. The number of hydrogen-bond donors (Lipinski definition) is 0. The SMILES string of the molecule is CC(N=C=O)c1ccccc1F. The van der Waals surface area contributed by atoms with Crippen LogP contribution in [0.5, 0.6) is 0 Å². The van der Waals surface area contributed by atoms with E-state index in [2.05, 4.69) is 4.99 Å². The molecule has 1 unspecified atom stereocenters. The fourth-order valence-electron chi connectivity index (χ4n) is 0.963. The van der Waals surface area contributed by atoms with E-state index in [1.807, 2.05) is 0 Å². The van der Waals surface area contributed by atoms with Gasteiger partial charge in [0, 0.05) is 5.56 Å². The third kappa shape index (κ3) is 1.77. The maximum absolute atomic E-state index is 13.0. The van der Waals surface area contributed by atoms with Crippen molar-refractivity contribution in [3.05, 3.63) is 35.6 Å². The van der Waals surface area contributed by atoms with E-state index in [0.29, 0.717) is 5.56 Å². The van der Waals surface area contributed by atoms with E-state index >= 15 is 0 Å². The summed E-state index contributed by atoms with van der Waals surface area (Å²) in [5, 5.41) is 0. The monoisotopic (exact) mass is 165 g/mol. The van der Waals surface area contributed by atoms with Crippen LogP contribution < -0.4 is 0 Å². The first-order chi connectivity index (χ1) is 5.75. The molecule has 0 aromatic heterocycles. The maximum atomic E-state index is 13.0. The first-order valence-corrected chi connectivity index (χ1v) is 3.57. The molecular weight excluding hydrogens is 157 g/mol. The lowest BCUT2D eigenvalue weighted by molar-refractivity contribution is 0.555. The minimum Gasteiger partial charge on any atom is -0.211 e. The summed E-state index contributed by atoms with van der Waals surface area (Å²) >= 11 is 0. The summed E-state index contributed by atoms with van der Waals surface area (Å²) in [5.41, 5.74) is 0.417. The fraction of sp³-hybridized carbons (Fsp3) is 0.222. The van der Waals surface area contributed by atoms with Crippen LogP contribution >= 0.6 is 0 Å². The lowest BCUT2D eigenvalue weighted by Crippen LogP contribution is -1.92. The molecule has 12 heavy (non-hydrogen) atoms. The van der Waals surface area contributed by atoms with Crippen molar-refractivity contribution in [2.45, 2.75) is 13.0 Å². The van der Waals surface area contributed by atoms with Crippen molar-refractivity contribution in [1.29, 1.82) is 0 Å². The largest absolute Gasteiger partial charge is 0.235 e. The molecule has 0 saturated heterocycles. The van der Waals surface area contributed by atoms with E-state index in [9.17, 15) is 9.18 Å². The van der Waals surface area contributed by atoms with Crippen molar-refractivity contribution in [1.82, 2.24) is 0 Å². The molecule has 0 spiro atoms. The van der Waals surface area contributed by atoms with Gasteiger partial charge in [0.15, 0.2) is 0 Å². The minimum absolute atomic E-state index is 0.344. The molecule has 1 aromatic rings. The molecule has 1 rings (SSSR count). The molecule has 0 aliphatic carbocycles. The molecule has 0 radical (unpaired) electrons. The third-order valence-corrected chi connectivity index (χ3v) is 1.60. The van der Waals surface area contributed by atoms with E-state index in [1.165, 1.54) is 12.1 Å². The van der Waals surface area contributed by atoms with Crippen molar-refractivity contribution >= 4 is 6.08 Å². The Hall–Kier alpha value is -1.47. The molecule has 0 aliphatic heterocycles. The molecule has 0 heterocycles. The molecule has 62 valence electrons. The predicted molar refractivity (Wildman–Crippen MR) is 42.9 cm³/mol. The Morgan fingerprint density at radius 3 is 2.75 bits per heavy atom. The molecule has 0 fully saturated rings. The molecule has 0 bridgehead atoms. The first-order valence-electron chi connectivity index (χ1n) is 3.57. The van der Waals surface area contributed by atoms with Gasteiger partial charge in [-0.1, -0.05) is 18.2 Å². The van der Waals surface area contributed by atoms with E-state index in [4.69, 9.17) is 0 Å². The average molecular weight is 165 g/mol. The quantitative estimate of drug-likeness (QED) is 0.488. The van der Waals surface area contributed by atoms with Gasteiger partial charge in [-0.05, 0) is 13.0 Å². The lowest BCUT2D eigenvalue weighted by atomic mass is 10.1. The summed E-state index contributed by atoms with van der Waals surface area (Å²) in [5.74, 6) is -0.344. The van der Waals surface area contributed by atoms with Crippen LogP contribution in [-0.2, 0) is 4.79 Å². The second-order valence-electron chi connectivity index (χ2n) is 2.42. The highest BCUT2D eigenvalue weighted by Crippen LogP contribution is 2.18. The van der Waals surface area contributed by atoms with Crippen LogP contribution in [0, 0.1) is 5.82 Å². The Balaban J connectivity index is 3.02. The summed E-state index contributed by atoms with van der Waals surface area (Å²) < 4.78 is 13.0. The minimum atomic E-state index is -0.455. The zero-order chi connectivity index (χ0) is 8.97. The summed E-state index contributed by atoms with van der Waals surface area (Å²) in [6.45, 7) is 1.64. The molecule has 0 saturated carbocycles. The van der Waals surface area contributed by atoms with Gasteiger partial charge in [0.1, 0.15) is 5.82 Å². The van der Waals surface area contributed by atoms with Gasteiger partial charge in [-0.15, -0.1) is 0 Å². The maximum Gasteiger partial charge on any atom is 0.235 e. The van der Waals surface area contributed by atoms with E-state index in [0.717, 1.165) is 0 Å². The van der Waals surface area contributed by atoms with Crippen molar-refractivity contribution in [3.63, 3.8) is 0 Å². The smallest absolute Gasteiger partial charge is 0.211 e. The zero-order valence-electron chi connectivity index (χ0n) is 6.62.